The van der Waals surface area contributed by atoms with E-state index >= 15 is 0 Å². The molecule has 2 amide bonds. The lowest BCUT2D eigenvalue weighted by atomic mass is 10.1. The van der Waals surface area contributed by atoms with Gasteiger partial charge >= 0.3 is 0 Å². The molecule has 0 spiro atoms. The van der Waals surface area contributed by atoms with Crippen LogP contribution in [0.3, 0.4) is 0 Å². The number of rotatable bonds is 12. The van der Waals surface area contributed by atoms with Crippen LogP contribution in [0.4, 0.5) is 5.69 Å². The molecule has 0 fully saturated rings. The van der Waals surface area contributed by atoms with Crippen LogP contribution in [0.25, 0.3) is 0 Å². The van der Waals surface area contributed by atoms with Crippen LogP contribution < -0.4 is 9.62 Å². The van der Waals surface area contributed by atoms with Crippen LogP contribution in [0, 0.1) is 0 Å². The minimum absolute atomic E-state index is 0.0728. The molecule has 0 saturated carbocycles. The van der Waals surface area contributed by atoms with Gasteiger partial charge in [-0.3, -0.25) is 13.9 Å². The topological polar surface area (TPSA) is 86.8 Å². The van der Waals surface area contributed by atoms with Gasteiger partial charge in [-0.05, 0) is 54.8 Å². The predicted octanol–water partition coefficient (Wildman–Crippen LogP) is 4.87. The van der Waals surface area contributed by atoms with E-state index in [4.69, 9.17) is 11.6 Å². The summed E-state index contributed by atoms with van der Waals surface area (Å²) in [6.45, 7) is 3.92. The highest BCUT2D eigenvalue weighted by Gasteiger charge is 2.33. The molecular formula is C28H32ClN3O4S. The van der Waals surface area contributed by atoms with Crippen molar-refractivity contribution in [3.63, 3.8) is 0 Å². The lowest BCUT2D eigenvalue weighted by molar-refractivity contribution is -0.140. The molecule has 1 atom stereocenters. The van der Waals surface area contributed by atoms with Crippen molar-refractivity contribution >= 4 is 39.1 Å². The largest absolute Gasteiger partial charge is 0.354 e. The summed E-state index contributed by atoms with van der Waals surface area (Å²) in [7, 11) is -4.06. The van der Waals surface area contributed by atoms with Gasteiger partial charge in [0.1, 0.15) is 12.6 Å². The predicted molar refractivity (Wildman–Crippen MR) is 147 cm³/mol. The van der Waals surface area contributed by atoms with Crippen LogP contribution in [0.1, 0.15) is 32.3 Å². The van der Waals surface area contributed by atoms with Gasteiger partial charge in [-0.2, -0.15) is 0 Å². The van der Waals surface area contributed by atoms with Gasteiger partial charge < -0.3 is 10.2 Å². The molecule has 0 aliphatic heterocycles. The molecule has 196 valence electrons. The number of para-hydroxylation sites is 1. The molecule has 7 nitrogen and oxygen atoms in total. The first-order valence-corrected chi connectivity index (χ1v) is 14.0. The maximum absolute atomic E-state index is 13.9. The Kier molecular flexibility index (Phi) is 10.1. The number of carbonyl (C=O) groups excluding carboxylic acids is 2. The first kappa shape index (κ1) is 28.2. The summed E-state index contributed by atoms with van der Waals surface area (Å²) in [6, 6.07) is 22.7. The third-order valence-electron chi connectivity index (χ3n) is 5.86. The third kappa shape index (κ3) is 7.33. The van der Waals surface area contributed by atoms with E-state index in [9.17, 15) is 18.0 Å². The van der Waals surface area contributed by atoms with Gasteiger partial charge in [0.05, 0.1) is 10.6 Å². The highest BCUT2D eigenvalue weighted by Crippen LogP contribution is 2.24. The number of anilines is 1. The van der Waals surface area contributed by atoms with Gasteiger partial charge in [-0.1, -0.05) is 74.0 Å². The lowest BCUT2D eigenvalue weighted by Gasteiger charge is -2.33. The number of sulfonamides is 1. The van der Waals surface area contributed by atoms with Crippen LogP contribution in [0.2, 0.25) is 5.02 Å². The van der Waals surface area contributed by atoms with E-state index < -0.39 is 28.5 Å². The zero-order chi connectivity index (χ0) is 26.8. The zero-order valence-electron chi connectivity index (χ0n) is 21.0. The summed E-state index contributed by atoms with van der Waals surface area (Å²) in [6.07, 6.45) is 1.12. The number of halogens is 1. The van der Waals surface area contributed by atoms with E-state index in [1.54, 1.807) is 72.8 Å². The average Bonchev–Trinajstić information content (AvgIpc) is 2.92. The van der Waals surface area contributed by atoms with E-state index in [2.05, 4.69) is 5.32 Å². The molecule has 0 aliphatic carbocycles. The van der Waals surface area contributed by atoms with Crippen molar-refractivity contribution in [2.24, 2.45) is 0 Å². The standard InChI is InChI=1S/C28H32ClN3O4S/c1-3-19-30-28(34)26(4-2)31(20-22-15-17-23(29)18-16-22)27(33)21-32(24-11-7-5-8-12-24)37(35,36)25-13-9-6-10-14-25/h5-18,26H,3-4,19-21H2,1-2H3,(H,30,34)/t26-/m1/s1. The maximum Gasteiger partial charge on any atom is 0.264 e. The van der Waals surface area contributed by atoms with Gasteiger partial charge in [-0.15, -0.1) is 0 Å². The van der Waals surface area contributed by atoms with E-state index in [-0.39, 0.29) is 17.3 Å². The summed E-state index contributed by atoms with van der Waals surface area (Å²) in [4.78, 5) is 28.4. The minimum Gasteiger partial charge on any atom is -0.354 e. The maximum atomic E-state index is 13.9. The monoisotopic (exact) mass is 541 g/mol. The molecule has 3 aromatic carbocycles. The Morgan fingerprint density at radius 3 is 2.05 bits per heavy atom. The molecule has 1 N–H and O–H groups in total. The Bertz CT molecular complexity index is 1270. The van der Waals surface area contributed by atoms with Gasteiger partial charge in [0, 0.05) is 18.1 Å². The molecule has 0 aliphatic rings. The van der Waals surface area contributed by atoms with Crippen LogP contribution in [-0.4, -0.2) is 44.3 Å². The molecule has 37 heavy (non-hydrogen) atoms. The smallest absolute Gasteiger partial charge is 0.264 e. The SMILES string of the molecule is CCCNC(=O)[C@@H](CC)N(Cc1ccc(Cl)cc1)C(=O)CN(c1ccccc1)S(=O)(=O)c1ccccc1. The van der Waals surface area contributed by atoms with E-state index in [0.29, 0.717) is 23.7 Å². The van der Waals surface area contributed by atoms with Crippen LogP contribution in [0.15, 0.2) is 89.8 Å². The van der Waals surface area contributed by atoms with E-state index in [1.807, 2.05) is 13.8 Å². The van der Waals surface area contributed by atoms with Gasteiger partial charge in [0.15, 0.2) is 0 Å². The van der Waals surface area contributed by atoms with Crippen molar-refractivity contribution in [1.29, 1.82) is 0 Å². The zero-order valence-corrected chi connectivity index (χ0v) is 22.6. The average molecular weight is 542 g/mol. The summed E-state index contributed by atoms with van der Waals surface area (Å²) in [5.41, 5.74) is 1.13. The van der Waals surface area contributed by atoms with Crippen molar-refractivity contribution in [2.45, 2.75) is 44.2 Å². The summed E-state index contributed by atoms with van der Waals surface area (Å²) >= 11 is 6.04. The van der Waals surface area contributed by atoms with Crippen LogP contribution in [-0.2, 0) is 26.2 Å². The Morgan fingerprint density at radius 1 is 0.892 bits per heavy atom. The molecular weight excluding hydrogens is 510 g/mol. The van der Waals surface area contributed by atoms with Crippen molar-refractivity contribution in [2.75, 3.05) is 17.4 Å². The second-order valence-electron chi connectivity index (χ2n) is 8.52. The number of hydrogen-bond acceptors (Lipinski definition) is 4. The van der Waals surface area contributed by atoms with Crippen molar-refractivity contribution in [3.05, 3.63) is 95.5 Å². The first-order valence-electron chi connectivity index (χ1n) is 12.2. The molecule has 9 heteroatoms. The highest BCUT2D eigenvalue weighted by atomic mass is 35.5. The van der Waals surface area contributed by atoms with E-state index in [0.717, 1.165) is 16.3 Å². The Labute approximate surface area is 224 Å². The van der Waals surface area contributed by atoms with E-state index in [1.165, 1.54) is 17.0 Å². The van der Waals surface area contributed by atoms with Crippen molar-refractivity contribution in [3.8, 4) is 0 Å². The molecule has 0 bridgehead atoms. The molecule has 0 radical (unpaired) electrons. The fraction of sp³-hybridized carbons (Fsp3) is 0.286. The Morgan fingerprint density at radius 2 is 1.49 bits per heavy atom. The number of nitrogens with zero attached hydrogens (tertiary/aromatic N) is 2. The summed E-state index contributed by atoms with van der Waals surface area (Å²) in [5, 5.41) is 3.42. The normalized spacial score (nSPS) is 12.0. The number of benzene rings is 3. The highest BCUT2D eigenvalue weighted by molar-refractivity contribution is 7.92. The molecule has 3 rings (SSSR count). The van der Waals surface area contributed by atoms with Crippen molar-refractivity contribution in [1.82, 2.24) is 10.2 Å². The number of nitrogens with one attached hydrogen (secondary N) is 1. The third-order valence-corrected chi connectivity index (χ3v) is 7.90. The number of amides is 2. The Balaban J connectivity index is 2.00. The molecule has 0 heterocycles. The van der Waals surface area contributed by atoms with Gasteiger partial charge in [0.2, 0.25) is 11.8 Å². The molecule has 0 unspecified atom stereocenters. The second kappa shape index (κ2) is 13.3. The lowest BCUT2D eigenvalue weighted by Crippen LogP contribution is -2.52. The van der Waals surface area contributed by atoms with Crippen LogP contribution in [0.5, 0.6) is 0 Å². The van der Waals surface area contributed by atoms with Crippen molar-refractivity contribution < 1.29 is 18.0 Å². The van der Waals surface area contributed by atoms with Crippen LogP contribution >= 0.6 is 11.6 Å². The van der Waals surface area contributed by atoms with Gasteiger partial charge in [-0.25, -0.2) is 8.42 Å². The first-order chi connectivity index (χ1) is 17.8. The number of hydrogen-bond donors (Lipinski definition) is 1. The molecule has 3 aromatic rings. The fourth-order valence-corrected chi connectivity index (χ4v) is 5.48. The minimum atomic E-state index is -4.06. The van der Waals surface area contributed by atoms with Gasteiger partial charge in [0.25, 0.3) is 10.0 Å². The Hall–Kier alpha value is -3.36. The number of carbonyl (C=O) groups is 2. The second-order valence-corrected chi connectivity index (χ2v) is 10.8. The fourth-order valence-electron chi connectivity index (χ4n) is 3.91. The molecule has 0 aromatic heterocycles. The summed E-state index contributed by atoms with van der Waals surface area (Å²) < 4.78 is 28.4. The summed E-state index contributed by atoms with van der Waals surface area (Å²) in [5.74, 6) is -0.763. The molecule has 0 saturated heterocycles. The quantitative estimate of drug-likeness (QED) is 0.354.